The highest BCUT2D eigenvalue weighted by Gasteiger charge is 2.08. The minimum absolute atomic E-state index is 0.398. The molecular formula is C16H28N4. The van der Waals surface area contributed by atoms with Crippen molar-refractivity contribution in [1.29, 1.82) is 0 Å². The third kappa shape index (κ3) is 5.11. The molecule has 0 aromatic heterocycles. The number of guanidine groups is 1. The zero-order chi connectivity index (χ0) is 15.1. The lowest BCUT2D eigenvalue weighted by Gasteiger charge is -2.21. The Morgan fingerprint density at radius 3 is 2.50 bits per heavy atom. The van der Waals surface area contributed by atoms with Crippen molar-refractivity contribution in [1.82, 2.24) is 10.6 Å². The predicted octanol–water partition coefficient (Wildman–Crippen LogP) is 2.46. The second-order valence-electron chi connectivity index (χ2n) is 5.67. The maximum Gasteiger partial charge on any atom is 0.191 e. The van der Waals surface area contributed by atoms with E-state index in [4.69, 9.17) is 0 Å². The van der Waals surface area contributed by atoms with Gasteiger partial charge in [0.15, 0.2) is 5.96 Å². The van der Waals surface area contributed by atoms with Gasteiger partial charge in [-0.05, 0) is 30.5 Å². The van der Waals surface area contributed by atoms with Crippen molar-refractivity contribution in [2.75, 3.05) is 26.0 Å². The molecule has 1 aromatic rings. The smallest absolute Gasteiger partial charge is 0.191 e. The minimum atomic E-state index is 0.398. The third-order valence-corrected chi connectivity index (χ3v) is 3.47. The molecule has 1 atom stereocenters. The molecule has 20 heavy (non-hydrogen) atoms. The lowest BCUT2D eigenvalue weighted by molar-refractivity contribution is 0.481. The average molecular weight is 276 g/mol. The monoisotopic (exact) mass is 276 g/mol. The Morgan fingerprint density at radius 1 is 1.25 bits per heavy atom. The summed E-state index contributed by atoms with van der Waals surface area (Å²) in [5.74, 6) is 1.42. The van der Waals surface area contributed by atoms with Crippen molar-refractivity contribution >= 4 is 11.6 Å². The van der Waals surface area contributed by atoms with Crippen LogP contribution in [0.2, 0.25) is 0 Å². The first-order valence-electron chi connectivity index (χ1n) is 7.17. The van der Waals surface area contributed by atoms with Gasteiger partial charge in [-0.3, -0.25) is 4.99 Å². The fraction of sp³-hybridized carbons (Fsp3) is 0.562. The highest BCUT2D eigenvalue weighted by molar-refractivity contribution is 5.79. The number of rotatable bonds is 5. The van der Waals surface area contributed by atoms with Crippen LogP contribution in [0.1, 0.15) is 26.3 Å². The summed E-state index contributed by atoms with van der Waals surface area (Å²) in [4.78, 5) is 6.38. The van der Waals surface area contributed by atoms with Crippen LogP contribution in [0.25, 0.3) is 0 Å². The number of nitrogens with zero attached hydrogens (tertiary/aromatic N) is 2. The Kier molecular flexibility index (Phi) is 6.36. The van der Waals surface area contributed by atoms with Gasteiger partial charge >= 0.3 is 0 Å². The average Bonchev–Trinajstić information content (AvgIpc) is 2.43. The topological polar surface area (TPSA) is 39.7 Å². The molecule has 2 N–H and O–H groups in total. The number of nitrogens with one attached hydrogen (secondary N) is 2. The summed E-state index contributed by atoms with van der Waals surface area (Å²) in [5.41, 5.74) is 2.46. The van der Waals surface area contributed by atoms with Crippen LogP contribution in [0.4, 0.5) is 5.69 Å². The zero-order valence-electron chi connectivity index (χ0n) is 13.6. The molecule has 0 fully saturated rings. The quantitative estimate of drug-likeness (QED) is 0.641. The largest absolute Gasteiger partial charge is 0.378 e. The van der Waals surface area contributed by atoms with Gasteiger partial charge in [0.25, 0.3) is 0 Å². The van der Waals surface area contributed by atoms with Crippen LogP contribution in [0.3, 0.4) is 0 Å². The fourth-order valence-electron chi connectivity index (χ4n) is 1.71. The van der Waals surface area contributed by atoms with Gasteiger partial charge < -0.3 is 15.5 Å². The predicted molar refractivity (Wildman–Crippen MR) is 88.4 cm³/mol. The van der Waals surface area contributed by atoms with Crippen molar-refractivity contribution in [2.45, 2.75) is 33.4 Å². The van der Waals surface area contributed by atoms with E-state index >= 15 is 0 Å². The van der Waals surface area contributed by atoms with Crippen LogP contribution < -0.4 is 15.5 Å². The highest BCUT2D eigenvalue weighted by atomic mass is 15.2. The normalized spacial score (nSPS) is 13.2. The van der Waals surface area contributed by atoms with Gasteiger partial charge in [-0.2, -0.15) is 0 Å². The summed E-state index contributed by atoms with van der Waals surface area (Å²) in [6, 6.07) is 8.90. The number of aliphatic imine (C=N–C) groups is 1. The molecule has 4 nitrogen and oxygen atoms in total. The Bertz CT molecular complexity index is 438. The molecule has 0 amide bonds. The molecule has 0 aliphatic carbocycles. The number of anilines is 1. The van der Waals surface area contributed by atoms with Gasteiger partial charge in [0.1, 0.15) is 0 Å². The van der Waals surface area contributed by atoms with Crippen LogP contribution in [0.15, 0.2) is 29.3 Å². The number of benzene rings is 1. The first-order valence-corrected chi connectivity index (χ1v) is 7.17. The standard InChI is InChI=1S/C16H28N4/c1-12(2)13(3)19-16(17-4)18-11-14-8-7-9-15(10-14)20(5)6/h7-10,12-13H,11H2,1-6H3,(H2,17,18,19). The molecule has 1 aromatic carbocycles. The summed E-state index contributed by atoms with van der Waals surface area (Å²) in [6.45, 7) is 7.34. The van der Waals surface area contributed by atoms with E-state index in [0.29, 0.717) is 12.0 Å². The van der Waals surface area contributed by atoms with Crippen LogP contribution in [0, 0.1) is 5.92 Å². The van der Waals surface area contributed by atoms with Gasteiger partial charge in [-0.15, -0.1) is 0 Å². The molecule has 0 saturated heterocycles. The molecule has 0 spiro atoms. The molecule has 1 unspecified atom stereocenters. The molecule has 0 saturated carbocycles. The minimum Gasteiger partial charge on any atom is -0.378 e. The molecule has 0 radical (unpaired) electrons. The Labute approximate surface area is 123 Å². The third-order valence-electron chi connectivity index (χ3n) is 3.47. The Hall–Kier alpha value is -1.71. The van der Waals surface area contributed by atoms with Gasteiger partial charge in [0.2, 0.25) is 0 Å². The van der Waals surface area contributed by atoms with E-state index in [9.17, 15) is 0 Å². The summed E-state index contributed by atoms with van der Waals surface area (Å²) >= 11 is 0. The summed E-state index contributed by atoms with van der Waals surface area (Å²) in [5, 5.41) is 6.76. The molecule has 0 heterocycles. The Morgan fingerprint density at radius 2 is 1.95 bits per heavy atom. The van der Waals surface area contributed by atoms with Crippen molar-refractivity contribution in [3.8, 4) is 0 Å². The van der Waals surface area contributed by atoms with Crippen molar-refractivity contribution in [2.24, 2.45) is 10.9 Å². The second-order valence-corrected chi connectivity index (χ2v) is 5.67. The molecular weight excluding hydrogens is 248 g/mol. The maximum atomic E-state index is 4.27. The maximum absolute atomic E-state index is 4.27. The Balaban J connectivity index is 2.59. The van der Waals surface area contributed by atoms with Crippen molar-refractivity contribution in [3.63, 3.8) is 0 Å². The van der Waals surface area contributed by atoms with Crippen LogP contribution in [-0.2, 0) is 6.54 Å². The number of hydrogen-bond donors (Lipinski definition) is 2. The van der Waals surface area contributed by atoms with Gasteiger partial charge in [-0.1, -0.05) is 26.0 Å². The van der Waals surface area contributed by atoms with Crippen LogP contribution in [0.5, 0.6) is 0 Å². The van der Waals surface area contributed by atoms with Crippen molar-refractivity contribution < 1.29 is 0 Å². The van der Waals surface area contributed by atoms with E-state index in [1.807, 2.05) is 0 Å². The van der Waals surface area contributed by atoms with Gasteiger partial charge in [0, 0.05) is 39.4 Å². The summed E-state index contributed by atoms with van der Waals surface area (Å²) < 4.78 is 0. The molecule has 112 valence electrons. The first-order chi connectivity index (χ1) is 9.43. The van der Waals surface area contributed by atoms with E-state index in [1.54, 1.807) is 7.05 Å². The van der Waals surface area contributed by atoms with Crippen molar-refractivity contribution in [3.05, 3.63) is 29.8 Å². The molecule has 0 aliphatic rings. The highest BCUT2D eigenvalue weighted by Crippen LogP contribution is 2.13. The lowest BCUT2D eigenvalue weighted by Crippen LogP contribution is -2.43. The zero-order valence-corrected chi connectivity index (χ0v) is 13.6. The molecule has 1 rings (SSSR count). The molecule has 4 heteroatoms. The molecule has 0 bridgehead atoms. The molecule has 0 aliphatic heterocycles. The van der Waals surface area contributed by atoms with E-state index in [2.05, 4.69) is 79.7 Å². The van der Waals surface area contributed by atoms with Gasteiger partial charge in [0.05, 0.1) is 0 Å². The SMILES string of the molecule is CN=C(NCc1cccc(N(C)C)c1)NC(C)C(C)C. The summed E-state index contributed by atoms with van der Waals surface area (Å²) in [7, 11) is 5.91. The van der Waals surface area contributed by atoms with E-state index in [-0.39, 0.29) is 0 Å². The van der Waals surface area contributed by atoms with Crippen LogP contribution >= 0.6 is 0 Å². The number of hydrogen-bond acceptors (Lipinski definition) is 2. The second kappa shape index (κ2) is 7.78. The van der Waals surface area contributed by atoms with Gasteiger partial charge in [-0.25, -0.2) is 0 Å². The fourth-order valence-corrected chi connectivity index (χ4v) is 1.71. The van der Waals surface area contributed by atoms with Crippen LogP contribution in [-0.4, -0.2) is 33.1 Å². The van der Waals surface area contributed by atoms with E-state index in [0.717, 1.165) is 12.5 Å². The first kappa shape index (κ1) is 16.3. The van der Waals surface area contributed by atoms with E-state index in [1.165, 1.54) is 11.3 Å². The lowest BCUT2D eigenvalue weighted by atomic mass is 10.1. The van der Waals surface area contributed by atoms with E-state index < -0.39 is 0 Å². The summed E-state index contributed by atoms with van der Waals surface area (Å²) in [6.07, 6.45) is 0.